The fourth-order valence-corrected chi connectivity index (χ4v) is 10.4. The van der Waals surface area contributed by atoms with Crippen LogP contribution >= 0.6 is 22.6 Å². The lowest BCUT2D eigenvalue weighted by Crippen LogP contribution is -2.24. The summed E-state index contributed by atoms with van der Waals surface area (Å²) in [6, 6.07) is 57.3. The molecule has 0 fully saturated rings. The van der Waals surface area contributed by atoms with Crippen molar-refractivity contribution in [2.75, 3.05) is 0 Å². The summed E-state index contributed by atoms with van der Waals surface area (Å²) >= 11 is 2.48. The van der Waals surface area contributed by atoms with Crippen LogP contribution in [0.3, 0.4) is 0 Å². The van der Waals surface area contributed by atoms with Crippen molar-refractivity contribution >= 4 is 44.1 Å². The van der Waals surface area contributed by atoms with Crippen LogP contribution in [0.4, 0.5) is 0 Å². The van der Waals surface area contributed by atoms with Gasteiger partial charge in [-0.25, -0.2) is 0 Å². The minimum absolute atomic E-state index is 0.179. The number of hydrogen-bond donors (Lipinski definition) is 0. The van der Waals surface area contributed by atoms with E-state index in [-0.39, 0.29) is 10.8 Å². The Labute approximate surface area is 314 Å². The molecular formula is C50H37I. The number of halogens is 1. The van der Waals surface area contributed by atoms with E-state index in [0.717, 1.165) is 0 Å². The number of fused-ring (bicyclic) bond motifs is 8. The maximum Gasteiger partial charge on any atom is 0.0442 e. The minimum Gasteiger partial charge on any atom is -0.0619 e. The zero-order valence-electron chi connectivity index (χ0n) is 29.3. The van der Waals surface area contributed by atoms with Crippen molar-refractivity contribution in [3.63, 3.8) is 0 Å². The molecule has 2 aliphatic carbocycles. The summed E-state index contributed by atoms with van der Waals surface area (Å²) < 4.78 is 1.29. The van der Waals surface area contributed by atoms with Gasteiger partial charge < -0.3 is 0 Å². The Morgan fingerprint density at radius 1 is 0.412 bits per heavy atom. The summed E-state index contributed by atoms with van der Waals surface area (Å²) in [7, 11) is 0. The third kappa shape index (κ3) is 4.19. The van der Waals surface area contributed by atoms with Crippen LogP contribution in [0.2, 0.25) is 0 Å². The molecule has 0 nitrogen and oxygen atoms in total. The highest BCUT2D eigenvalue weighted by atomic mass is 127. The van der Waals surface area contributed by atoms with Crippen LogP contribution < -0.4 is 0 Å². The molecule has 0 saturated heterocycles. The van der Waals surface area contributed by atoms with Crippen molar-refractivity contribution in [2.45, 2.75) is 38.5 Å². The number of hydrogen-bond acceptors (Lipinski definition) is 0. The highest BCUT2D eigenvalue weighted by molar-refractivity contribution is 14.1. The molecule has 0 heterocycles. The fraction of sp³-hybridized carbons (Fsp3) is 0.120. The van der Waals surface area contributed by atoms with Gasteiger partial charge in [-0.1, -0.05) is 153 Å². The van der Waals surface area contributed by atoms with Gasteiger partial charge in [0.25, 0.3) is 0 Å². The van der Waals surface area contributed by atoms with E-state index in [2.05, 4.69) is 202 Å². The Kier molecular flexibility index (Phi) is 6.65. The third-order valence-electron chi connectivity index (χ3n) is 12.2. The van der Waals surface area contributed by atoms with E-state index in [9.17, 15) is 0 Å². The number of benzene rings is 8. The molecule has 0 aromatic heterocycles. The molecule has 2 aliphatic rings. The molecule has 0 amide bonds. The third-order valence-corrected chi connectivity index (χ3v) is 13.1. The van der Waals surface area contributed by atoms with Crippen molar-refractivity contribution in [1.29, 1.82) is 0 Å². The van der Waals surface area contributed by atoms with Gasteiger partial charge in [-0.05, 0) is 148 Å². The van der Waals surface area contributed by atoms with E-state index >= 15 is 0 Å². The minimum atomic E-state index is -0.350. The number of aryl methyl sites for hydroxylation is 1. The van der Waals surface area contributed by atoms with Gasteiger partial charge in [-0.2, -0.15) is 0 Å². The van der Waals surface area contributed by atoms with Crippen molar-refractivity contribution < 1.29 is 0 Å². The summed E-state index contributed by atoms with van der Waals surface area (Å²) in [6.45, 7) is 9.55. The molecule has 10 rings (SSSR count). The maximum absolute atomic E-state index is 2.50. The van der Waals surface area contributed by atoms with Crippen LogP contribution in [-0.4, -0.2) is 0 Å². The average molecular weight is 765 g/mol. The highest BCUT2D eigenvalue weighted by Gasteiger charge is 2.46. The van der Waals surface area contributed by atoms with Crippen LogP contribution in [0.1, 0.15) is 54.2 Å². The molecule has 0 aliphatic heterocycles. The molecule has 244 valence electrons. The standard InChI is InChI=1S/C50H37I/c1-30-23-25-33(34-14-6-5-13-32(30)34)31-24-26-38-37-16-9-10-20-42(37)50(4,45(38)29-31)44-22-12-21-43-47(44)41-19-11-18-40(48(41)49(43,2)3)36-27-28-46(51)39-17-8-7-15-35(36)39/h5-29H,1-4H3. The van der Waals surface area contributed by atoms with E-state index in [1.165, 1.54) is 103 Å². The first-order chi connectivity index (χ1) is 24.8. The largest absolute Gasteiger partial charge is 0.0619 e. The quantitative estimate of drug-likeness (QED) is 0.157. The molecule has 0 spiro atoms. The molecule has 51 heavy (non-hydrogen) atoms. The van der Waals surface area contributed by atoms with Crippen LogP contribution in [0.5, 0.6) is 0 Å². The Hall–Kier alpha value is -4.99. The highest BCUT2D eigenvalue weighted by Crippen LogP contribution is 2.60. The van der Waals surface area contributed by atoms with Gasteiger partial charge in [0.2, 0.25) is 0 Å². The predicted octanol–water partition coefficient (Wildman–Crippen LogP) is 13.9. The van der Waals surface area contributed by atoms with E-state index in [1.807, 2.05) is 0 Å². The van der Waals surface area contributed by atoms with Gasteiger partial charge in [-0.15, -0.1) is 0 Å². The van der Waals surface area contributed by atoms with Gasteiger partial charge in [0.05, 0.1) is 0 Å². The van der Waals surface area contributed by atoms with Crippen molar-refractivity contribution in [3.8, 4) is 44.5 Å². The molecule has 0 radical (unpaired) electrons. The molecule has 1 heteroatoms. The lowest BCUT2D eigenvalue weighted by molar-refractivity contribution is 0.658. The SMILES string of the molecule is Cc1ccc(-c2ccc3c(c2)C(C)(c2cccc4c2-c2cccc(-c5ccc(I)c6ccccc56)c2C4(C)C)c2ccccc2-3)c2ccccc12. The fourth-order valence-electron chi connectivity index (χ4n) is 9.72. The van der Waals surface area contributed by atoms with Crippen molar-refractivity contribution in [3.05, 3.63) is 189 Å². The van der Waals surface area contributed by atoms with E-state index in [0.29, 0.717) is 0 Å². The zero-order chi connectivity index (χ0) is 34.6. The summed E-state index contributed by atoms with van der Waals surface area (Å²) in [5.41, 5.74) is 18.4. The molecule has 1 atom stereocenters. The van der Waals surface area contributed by atoms with E-state index in [1.54, 1.807) is 0 Å². The summed E-state index contributed by atoms with van der Waals surface area (Å²) in [5.74, 6) is 0. The summed E-state index contributed by atoms with van der Waals surface area (Å²) in [5, 5.41) is 5.25. The molecule has 0 saturated carbocycles. The second-order valence-corrected chi connectivity index (χ2v) is 16.3. The van der Waals surface area contributed by atoms with Crippen molar-refractivity contribution in [2.24, 2.45) is 0 Å². The second kappa shape index (κ2) is 11.0. The maximum atomic E-state index is 2.50. The van der Waals surface area contributed by atoms with E-state index in [4.69, 9.17) is 0 Å². The van der Waals surface area contributed by atoms with Gasteiger partial charge in [0.15, 0.2) is 0 Å². The van der Waals surface area contributed by atoms with Crippen molar-refractivity contribution in [1.82, 2.24) is 0 Å². The summed E-state index contributed by atoms with van der Waals surface area (Å²) in [4.78, 5) is 0. The average Bonchev–Trinajstić information content (AvgIpc) is 3.57. The second-order valence-electron chi connectivity index (χ2n) is 15.1. The smallest absolute Gasteiger partial charge is 0.0442 e. The van der Waals surface area contributed by atoms with Gasteiger partial charge >= 0.3 is 0 Å². The van der Waals surface area contributed by atoms with Gasteiger partial charge in [0, 0.05) is 14.4 Å². The molecule has 0 N–H and O–H groups in total. The normalized spacial score (nSPS) is 16.6. The van der Waals surface area contributed by atoms with Crippen LogP contribution in [-0.2, 0) is 10.8 Å². The molecule has 8 aromatic carbocycles. The van der Waals surface area contributed by atoms with E-state index < -0.39 is 0 Å². The Balaban J connectivity index is 1.24. The topological polar surface area (TPSA) is 0 Å². The Morgan fingerprint density at radius 2 is 0.980 bits per heavy atom. The molecule has 0 bridgehead atoms. The number of rotatable bonds is 3. The van der Waals surface area contributed by atoms with Crippen LogP contribution in [0.15, 0.2) is 152 Å². The van der Waals surface area contributed by atoms with Gasteiger partial charge in [0.1, 0.15) is 0 Å². The molecular weight excluding hydrogens is 727 g/mol. The predicted molar refractivity (Wildman–Crippen MR) is 225 cm³/mol. The van der Waals surface area contributed by atoms with Crippen LogP contribution in [0.25, 0.3) is 66.1 Å². The monoisotopic (exact) mass is 764 g/mol. The Bertz CT molecular complexity index is 2760. The first-order valence-electron chi connectivity index (χ1n) is 18.0. The summed E-state index contributed by atoms with van der Waals surface area (Å²) in [6.07, 6.45) is 0. The first-order valence-corrected chi connectivity index (χ1v) is 19.0. The van der Waals surface area contributed by atoms with Crippen LogP contribution in [0, 0.1) is 10.5 Å². The zero-order valence-corrected chi connectivity index (χ0v) is 31.5. The first kappa shape index (κ1) is 30.8. The lowest BCUT2D eigenvalue weighted by Gasteiger charge is -2.32. The Morgan fingerprint density at radius 3 is 1.80 bits per heavy atom. The molecule has 1 unspecified atom stereocenters. The molecule has 8 aromatic rings. The lowest BCUT2D eigenvalue weighted by atomic mass is 9.70. The van der Waals surface area contributed by atoms with Gasteiger partial charge in [-0.3, -0.25) is 0 Å².